The first-order valence-corrected chi connectivity index (χ1v) is 12.5. The van der Waals surface area contributed by atoms with Crippen molar-refractivity contribution in [2.24, 2.45) is 5.92 Å². The Morgan fingerprint density at radius 2 is 1.83 bits per heavy atom. The minimum Gasteiger partial charge on any atom is -0.335 e. The van der Waals surface area contributed by atoms with Crippen LogP contribution in [0.25, 0.3) is 0 Å². The molecule has 7 heteroatoms. The van der Waals surface area contributed by atoms with Crippen LogP contribution in [0.3, 0.4) is 0 Å². The number of nitrogens with zero attached hydrogens (tertiary/aromatic N) is 3. The summed E-state index contributed by atoms with van der Waals surface area (Å²) in [5.74, 6) is 0.709. The van der Waals surface area contributed by atoms with Crippen LogP contribution in [0.4, 0.5) is 0 Å². The molecule has 0 bridgehead atoms. The molecule has 2 heterocycles. The monoisotopic (exact) mass is 427 g/mol. The summed E-state index contributed by atoms with van der Waals surface area (Å²) in [4.78, 5) is 22.0. The SMILES string of the molecule is CS(=O)(=O)c1ccccc1CN1CCC(N(CC2CC2)C(=O)c2cccnc2)CC1. The average Bonchev–Trinajstić information content (AvgIpc) is 3.57. The molecule has 1 aliphatic heterocycles. The van der Waals surface area contributed by atoms with Crippen molar-refractivity contribution in [3.8, 4) is 0 Å². The van der Waals surface area contributed by atoms with Gasteiger partial charge in [-0.2, -0.15) is 0 Å². The van der Waals surface area contributed by atoms with E-state index in [4.69, 9.17) is 0 Å². The molecule has 0 spiro atoms. The molecule has 1 aliphatic carbocycles. The third-order valence-corrected chi connectivity index (χ3v) is 7.28. The van der Waals surface area contributed by atoms with Crippen LogP contribution >= 0.6 is 0 Å². The summed E-state index contributed by atoms with van der Waals surface area (Å²) in [6.45, 7) is 3.15. The summed E-state index contributed by atoms with van der Waals surface area (Å²) >= 11 is 0. The predicted octanol–water partition coefficient (Wildman–Crippen LogP) is 3.00. The van der Waals surface area contributed by atoms with Crippen molar-refractivity contribution in [1.29, 1.82) is 0 Å². The molecule has 2 aromatic rings. The van der Waals surface area contributed by atoms with Gasteiger partial charge in [-0.05, 0) is 55.4 Å². The Morgan fingerprint density at radius 1 is 1.10 bits per heavy atom. The molecule has 1 aromatic carbocycles. The fraction of sp³-hybridized carbons (Fsp3) is 0.478. The van der Waals surface area contributed by atoms with Crippen molar-refractivity contribution in [3.63, 3.8) is 0 Å². The Balaban J connectivity index is 1.42. The molecule has 4 rings (SSSR count). The molecule has 0 N–H and O–H groups in total. The quantitative estimate of drug-likeness (QED) is 0.679. The van der Waals surface area contributed by atoms with Gasteiger partial charge in [0.05, 0.1) is 10.5 Å². The lowest BCUT2D eigenvalue weighted by Gasteiger charge is -2.39. The van der Waals surface area contributed by atoms with E-state index in [1.165, 1.54) is 19.1 Å². The lowest BCUT2D eigenvalue weighted by Crippen LogP contribution is -2.48. The number of hydrogen-bond acceptors (Lipinski definition) is 5. The topological polar surface area (TPSA) is 70.6 Å². The zero-order chi connectivity index (χ0) is 21.1. The molecule has 1 aromatic heterocycles. The normalized spacial score (nSPS) is 18.3. The average molecular weight is 428 g/mol. The first-order chi connectivity index (χ1) is 14.4. The van der Waals surface area contributed by atoms with Gasteiger partial charge in [-0.3, -0.25) is 14.7 Å². The van der Waals surface area contributed by atoms with E-state index >= 15 is 0 Å². The molecule has 30 heavy (non-hydrogen) atoms. The molecule has 2 aliphatic rings. The number of rotatable bonds is 7. The van der Waals surface area contributed by atoms with Crippen LogP contribution in [0.15, 0.2) is 53.7 Å². The largest absolute Gasteiger partial charge is 0.335 e. The van der Waals surface area contributed by atoms with Crippen LogP contribution in [0.2, 0.25) is 0 Å². The Kier molecular flexibility index (Phi) is 6.20. The van der Waals surface area contributed by atoms with Gasteiger partial charge in [0.2, 0.25) is 0 Å². The van der Waals surface area contributed by atoms with Gasteiger partial charge in [0.25, 0.3) is 5.91 Å². The Hall–Kier alpha value is -2.25. The van der Waals surface area contributed by atoms with Gasteiger partial charge in [-0.1, -0.05) is 18.2 Å². The summed E-state index contributed by atoms with van der Waals surface area (Å²) in [6.07, 6.45) is 8.82. The maximum absolute atomic E-state index is 13.1. The van der Waals surface area contributed by atoms with Gasteiger partial charge in [0, 0.05) is 50.9 Å². The van der Waals surface area contributed by atoms with Gasteiger partial charge < -0.3 is 4.90 Å². The number of pyridine rings is 1. The molecule has 1 amide bonds. The third-order valence-electron chi connectivity index (χ3n) is 6.09. The number of sulfone groups is 1. The van der Waals surface area contributed by atoms with Crippen LogP contribution in [0.5, 0.6) is 0 Å². The first kappa shape index (κ1) is 21.0. The van der Waals surface area contributed by atoms with E-state index in [1.54, 1.807) is 24.5 Å². The maximum Gasteiger partial charge on any atom is 0.255 e. The highest BCUT2D eigenvalue weighted by molar-refractivity contribution is 7.90. The number of aromatic nitrogens is 1. The molecule has 1 saturated carbocycles. The molecular weight excluding hydrogens is 398 g/mol. The number of likely N-dealkylation sites (tertiary alicyclic amines) is 1. The van der Waals surface area contributed by atoms with Crippen molar-refractivity contribution in [2.75, 3.05) is 25.9 Å². The highest BCUT2D eigenvalue weighted by Crippen LogP contribution is 2.32. The summed E-state index contributed by atoms with van der Waals surface area (Å²) in [6, 6.07) is 11.1. The standard InChI is InChI=1S/C23H29N3O3S/c1-30(28,29)22-7-3-2-5-20(22)17-25-13-10-21(11-14-25)26(16-18-8-9-18)23(27)19-6-4-12-24-15-19/h2-7,12,15,18,21H,8-11,13-14,16-17H2,1H3. The van der Waals surface area contributed by atoms with Crippen LogP contribution in [-0.2, 0) is 16.4 Å². The lowest BCUT2D eigenvalue weighted by molar-refractivity contribution is 0.0550. The van der Waals surface area contributed by atoms with Crippen LogP contribution < -0.4 is 0 Å². The third kappa shape index (κ3) is 5.08. The van der Waals surface area contributed by atoms with Crippen molar-refractivity contribution in [1.82, 2.24) is 14.8 Å². The first-order valence-electron chi connectivity index (χ1n) is 10.6. The predicted molar refractivity (Wildman–Crippen MR) is 116 cm³/mol. The molecule has 0 atom stereocenters. The van der Waals surface area contributed by atoms with E-state index in [0.29, 0.717) is 22.9 Å². The fourth-order valence-corrected chi connectivity index (χ4v) is 5.19. The van der Waals surface area contributed by atoms with E-state index < -0.39 is 9.84 Å². The number of carbonyl (C=O) groups excluding carboxylic acids is 1. The number of amides is 1. The second kappa shape index (κ2) is 8.86. The van der Waals surface area contributed by atoms with E-state index in [9.17, 15) is 13.2 Å². The van der Waals surface area contributed by atoms with Gasteiger partial charge >= 0.3 is 0 Å². The fourth-order valence-electron chi connectivity index (χ4n) is 4.26. The van der Waals surface area contributed by atoms with E-state index in [2.05, 4.69) is 14.8 Å². The number of benzene rings is 1. The molecule has 2 fully saturated rings. The molecular formula is C23H29N3O3S. The Labute approximate surface area is 178 Å². The van der Waals surface area contributed by atoms with Crippen LogP contribution in [-0.4, -0.2) is 61.0 Å². The zero-order valence-electron chi connectivity index (χ0n) is 17.4. The summed E-state index contributed by atoms with van der Waals surface area (Å²) in [5, 5.41) is 0. The number of hydrogen-bond donors (Lipinski definition) is 0. The smallest absolute Gasteiger partial charge is 0.255 e. The van der Waals surface area contributed by atoms with E-state index in [0.717, 1.165) is 38.0 Å². The Morgan fingerprint density at radius 3 is 2.47 bits per heavy atom. The zero-order valence-corrected chi connectivity index (χ0v) is 18.2. The van der Waals surface area contributed by atoms with Gasteiger partial charge in [-0.25, -0.2) is 8.42 Å². The number of carbonyl (C=O) groups is 1. The van der Waals surface area contributed by atoms with Crippen molar-refractivity contribution >= 4 is 15.7 Å². The minimum absolute atomic E-state index is 0.0795. The van der Waals surface area contributed by atoms with Gasteiger partial charge in [0.15, 0.2) is 9.84 Å². The van der Waals surface area contributed by atoms with Crippen molar-refractivity contribution < 1.29 is 13.2 Å². The molecule has 0 unspecified atom stereocenters. The molecule has 160 valence electrons. The van der Waals surface area contributed by atoms with Gasteiger partial charge in [0.1, 0.15) is 0 Å². The van der Waals surface area contributed by atoms with Crippen molar-refractivity contribution in [3.05, 3.63) is 59.9 Å². The minimum atomic E-state index is -3.24. The highest BCUT2D eigenvalue weighted by Gasteiger charge is 2.33. The summed E-state index contributed by atoms with van der Waals surface area (Å²) < 4.78 is 24.2. The second-order valence-electron chi connectivity index (χ2n) is 8.53. The second-order valence-corrected chi connectivity index (χ2v) is 10.5. The lowest BCUT2D eigenvalue weighted by atomic mass is 10.0. The van der Waals surface area contributed by atoms with Crippen LogP contribution in [0, 0.1) is 5.92 Å². The molecule has 6 nitrogen and oxygen atoms in total. The molecule has 0 radical (unpaired) electrons. The Bertz CT molecular complexity index is 982. The van der Waals surface area contributed by atoms with Crippen LogP contribution in [0.1, 0.15) is 41.6 Å². The highest BCUT2D eigenvalue weighted by atomic mass is 32.2. The summed E-state index contributed by atoms with van der Waals surface area (Å²) in [5.41, 5.74) is 1.50. The summed E-state index contributed by atoms with van der Waals surface area (Å²) in [7, 11) is -3.24. The van der Waals surface area contributed by atoms with Crippen molar-refractivity contribution in [2.45, 2.75) is 43.2 Å². The van der Waals surface area contributed by atoms with Gasteiger partial charge in [-0.15, -0.1) is 0 Å². The maximum atomic E-state index is 13.1. The van der Waals surface area contributed by atoms with E-state index in [1.807, 2.05) is 24.3 Å². The number of piperidine rings is 1. The molecule has 1 saturated heterocycles. The van der Waals surface area contributed by atoms with E-state index in [-0.39, 0.29) is 11.9 Å².